The topological polar surface area (TPSA) is 68.2 Å². The van der Waals surface area contributed by atoms with Gasteiger partial charge in [0.05, 0.1) is 10.4 Å². The van der Waals surface area contributed by atoms with E-state index in [1.807, 2.05) is 32.9 Å². The minimum absolute atomic E-state index is 0.00715. The van der Waals surface area contributed by atoms with Crippen LogP contribution in [-0.4, -0.2) is 18.9 Å². The van der Waals surface area contributed by atoms with E-state index < -0.39 is 21.7 Å². The van der Waals surface area contributed by atoms with E-state index in [-0.39, 0.29) is 10.6 Å². The van der Waals surface area contributed by atoms with Crippen LogP contribution in [0.4, 0.5) is 4.39 Å². The summed E-state index contributed by atoms with van der Waals surface area (Å²) in [7, 11) is -4.05. The number of fused-ring (bicyclic) bond motifs is 1. The van der Waals surface area contributed by atoms with Crippen LogP contribution in [0.2, 0.25) is 0 Å². The standard InChI is InChI=1S/C25H23FN2O3S/c1-16-11-17(2)22(18(3)12-16)15-28-23-14-20(26)10-9-19(23)13-24(28)25(29)27-32(30,31)21-7-5-4-6-8-21/h4-14H,15H2,1-3H3,(H,27,29). The van der Waals surface area contributed by atoms with Gasteiger partial charge in [-0.05, 0) is 73.9 Å². The summed E-state index contributed by atoms with van der Waals surface area (Å²) in [6.07, 6.45) is 0. The molecule has 1 N–H and O–H groups in total. The molecule has 0 aliphatic heterocycles. The fraction of sp³-hybridized carbons (Fsp3) is 0.160. The number of carbonyl (C=O) groups excluding carboxylic acids is 1. The molecule has 0 saturated heterocycles. The molecular weight excluding hydrogens is 427 g/mol. The molecule has 0 atom stereocenters. The zero-order valence-corrected chi connectivity index (χ0v) is 18.8. The van der Waals surface area contributed by atoms with Gasteiger partial charge >= 0.3 is 0 Å². The minimum Gasteiger partial charge on any atom is -0.332 e. The molecule has 32 heavy (non-hydrogen) atoms. The first-order valence-corrected chi connectivity index (χ1v) is 11.6. The van der Waals surface area contributed by atoms with E-state index in [0.717, 1.165) is 22.3 Å². The maximum absolute atomic E-state index is 14.1. The lowest BCUT2D eigenvalue weighted by Crippen LogP contribution is -2.32. The average molecular weight is 451 g/mol. The second-order valence-electron chi connectivity index (χ2n) is 7.94. The van der Waals surface area contributed by atoms with E-state index in [2.05, 4.69) is 4.72 Å². The summed E-state index contributed by atoms with van der Waals surface area (Å²) >= 11 is 0. The lowest BCUT2D eigenvalue weighted by Gasteiger charge is -2.16. The summed E-state index contributed by atoms with van der Waals surface area (Å²) < 4.78 is 43.3. The van der Waals surface area contributed by atoms with Gasteiger partial charge in [0.1, 0.15) is 11.5 Å². The number of aromatic nitrogens is 1. The van der Waals surface area contributed by atoms with Crippen LogP contribution in [0.25, 0.3) is 10.9 Å². The number of nitrogens with one attached hydrogen (secondary N) is 1. The number of rotatable bonds is 5. The fourth-order valence-electron chi connectivity index (χ4n) is 4.04. The number of nitrogens with zero attached hydrogens (tertiary/aromatic N) is 1. The highest BCUT2D eigenvalue weighted by atomic mass is 32.2. The Morgan fingerprint density at radius 2 is 1.59 bits per heavy atom. The molecule has 1 aromatic heterocycles. The van der Waals surface area contributed by atoms with Crippen molar-refractivity contribution in [3.8, 4) is 0 Å². The summed E-state index contributed by atoms with van der Waals surface area (Å²) in [5.74, 6) is -1.20. The number of aryl methyl sites for hydroxylation is 3. The molecule has 0 unspecified atom stereocenters. The molecule has 4 rings (SSSR count). The summed E-state index contributed by atoms with van der Waals surface area (Å²) in [6.45, 7) is 6.29. The maximum Gasteiger partial charge on any atom is 0.281 e. The largest absolute Gasteiger partial charge is 0.332 e. The van der Waals surface area contributed by atoms with Gasteiger partial charge in [0, 0.05) is 11.9 Å². The Kier molecular flexibility index (Phi) is 5.60. The quantitative estimate of drug-likeness (QED) is 0.472. The number of amides is 1. The fourth-order valence-corrected chi connectivity index (χ4v) is 5.02. The van der Waals surface area contributed by atoms with Crippen LogP contribution in [0, 0.1) is 26.6 Å². The van der Waals surface area contributed by atoms with Crippen molar-refractivity contribution >= 4 is 26.8 Å². The molecular formula is C25H23FN2O3S. The summed E-state index contributed by atoms with van der Waals surface area (Å²) in [5.41, 5.74) is 4.88. The Balaban J connectivity index is 1.81. The van der Waals surface area contributed by atoms with Crippen molar-refractivity contribution in [3.05, 3.63) is 100 Å². The molecule has 0 aliphatic rings. The highest BCUT2D eigenvalue weighted by molar-refractivity contribution is 7.90. The van der Waals surface area contributed by atoms with Crippen LogP contribution >= 0.6 is 0 Å². The van der Waals surface area contributed by atoms with Gasteiger partial charge in [-0.3, -0.25) is 4.79 Å². The third kappa shape index (κ3) is 4.16. The second-order valence-corrected chi connectivity index (χ2v) is 9.63. The Hall–Kier alpha value is -3.45. The highest BCUT2D eigenvalue weighted by Gasteiger charge is 2.23. The van der Waals surface area contributed by atoms with Crippen molar-refractivity contribution in [2.45, 2.75) is 32.2 Å². The van der Waals surface area contributed by atoms with E-state index >= 15 is 0 Å². The second kappa shape index (κ2) is 8.24. The molecule has 0 saturated carbocycles. The van der Waals surface area contributed by atoms with Gasteiger partial charge in [-0.1, -0.05) is 35.9 Å². The SMILES string of the molecule is Cc1cc(C)c(Cn2c(C(=O)NS(=O)(=O)c3ccccc3)cc3ccc(F)cc32)c(C)c1. The summed E-state index contributed by atoms with van der Waals surface area (Å²) in [4.78, 5) is 13.1. The van der Waals surface area contributed by atoms with Gasteiger partial charge in [-0.15, -0.1) is 0 Å². The van der Waals surface area contributed by atoms with Crippen LogP contribution in [0.1, 0.15) is 32.7 Å². The number of benzene rings is 3. The molecule has 4 aromatic rings. The third-order valence-corrected chi connectivity index (χ3v) is 6.88. The Morgan fingerprint density at radius 3 is 2.25 bits per heavy atom. The van der Waals surface area contributed by atoms with Gasteiger partial charge in [-0.2, -0.15) is 0 Å². The lowest BCUT2D eigenvalue weighted by atomic mass is 9.99. The Morgan fingerprint density at radius 1 is 0.938 bits per heavy atom. The van der Waals surface area contributed by atoms with Gasteiger partial charge in [0.25, 0.3) is 15.9 Å². The van der Waals surface area contributed by atoms with Crippen molar-refractivity contribution < 1.29 is 17.6 Å². The van der Waals surface area contributed by atoms with Gasteiger partial charge in [0.2, 0.25) is 0 Å². The van der Waals surface area contributed by atoms with E-state index in [1.165, 1.54) is 24.3 Å². The van der Waals surface area contributed by atoms with Crippen LogP contribution < -0.4 is 4.72 Å². The minimum atomic E-state index is -4.05. The van der Waals surface area contributed by atoms with Crippen LogP contribution in [0.3, 0.4) is 0 Å². The highest BCUT2D eigenvalue weighted by Crippen LogP contribution is 2.26. The van der Waals surface area contributed by atoms with Crippen molar-refractivity contribution in [2.24, 2.45) is 0 Å². The molecule has 1 heterocycles. The molecule has 0 fully saturated rings. The van der Waals surface area contributed by atoms with Gasteiger partial charge in [-0.25, -0.2) is 17.5 Å². The van der Waals surface area contributed by atoms with Crippen molar-refractivity contribution in [2.75, 3.05) is 0 Å². The van der Waals surface area contributed by atoms with Crippen molar-refractivity contribution in [1.82, 2.24) is 9.29 Å². The van der Waals surface area contributed by atoms with E-state index in [4.69, 9.17) is 0 Å². The van der Waals surface area contributed by atoms with Gasteiger partial charge < -0.3 is 4.57 Å². The first-order valence-electron chi connectivity index (χ1n) is 10.1. The molecule has 164 valence electrons. The normalized spacial score (nSPS) is 11.6. The molecule has 0 bridgehead atoms. The predicted octanol–water partition coefficient (Wildman–Crippen LogP) is 4.87. The first-order chi connectivity index (χ1) is 15.2. The summed E-state index contributed by atoms with van der Waals surface area (Å²) in [6, 6.07) is 17.6. The molecule has 7 heteroatoms. The molecule has 0 spiro atoms. The van der Waals surface area contributed by atoms with Crippen molar-refractivity contribution in [1.29, 1.82) is 0 Å². The third-order valence-electron chi connectivity index (χ3n) is 5.54. The monoisotopic (exact) mass is 450 g/mol. The Labute approximate surface area is 186 Å². The van der Waals surface area contributed by atoms with Crippen LogP contribution in [0.5, 0.6) is 0 Å². The zero-order valence-electron chi connectivity index (χ0n) is 18.0. The molecule has 3 aromatic carbocycles. The zero-order chi connectivity index (χ0) is 23.0. The molecule has 0 aliphatic carbocycles. The van der Waals surface area contributed by atoms with Gasteiger partial charge in [0.15, 0.2) is 0 Å². The Bertz CT molecular complexity index is 1420. The van der Waals surface area contributed by atoms with E-state index in [9.17, 15) is 17.6 Å². The average Bonchev–Trinajstić information content (AvgIpc) is 3.08. The molecule has 5 nitrogen and oxygen atoms in total. The number of sulfonamides is 1. The number of hydrogen-bond acceptors (Lipinski definition) is 3. The molecule has 0 radical (unpaired) electrons. The first kappa shape index (κ1) is 21.8. The number of hydrogen-bond donors (Lipinski definition) is 1. The number of halogens is 1. The molecule has 1 amide bonds. The summed E-state index contributed by atoms with van der Waals surface area (Å²) in [5, 5.41) is 0.649. The van der Waals surface area contributed by atoms with Crippen LogP contribution in [0.15, 0.2) is 71.6 Å². The van der Waals surface area contributed by atoms with Crippen molar-refractivity contribution in [3.63, 3.8) is 0 Å². The predicted molar refractivity (Wildman–Crippen MR) is 123 cm³/mol. The van der Waals surface area contributed by atoms with E-state index in [0.29, 0.717) is 17.4 Å². The van der Waals surface area contributed by atoms with E-state index in [1.54, 1.807) is 34.9 Å². The maximum atomic E-state index is 14.1. The number of carbonyl (C=O) groups is 1. The smallest absolute Gasteiger partial charge is 0.281 e. The lowest BCUT2D eigenvalue weighted by molar-refractivity contribution is 0.0973. The van der Waals surface area contributed by atoms with Crippen LogP contribution in [-0.2, 0) is 16.6 Å².